The number of hydrogen-bond acceptors (Lipinski definition) is 3. The Morgan fingerprint density at radius 1 is 1.25 bits per heavy atom. The molecule has 0 aliphatic carbocycles. The van der Waals surface area contributed by atoms with E-state index in [0.29, 0.717) is 10.5 Å². The highest BCUT2D eigenvalue weighted by Gasteiger charge is 2.32. The van der Waals surface area contributed by atoms with Gasteiger partial charge < -0.3 is 15.1 Å². The summed E-state index contributed by atoms with van der Waals surface area (Å²) in [5.74, 6) is -0.704. The van der Waals surface area contributed by atoms with E-state index in [9.17, 15) is 23.1 Å². The first-order chi connectivity index (χ1) is 9.33. The predicted octanol–water partition coefficient (Wildman–Crippen LogP) is 1.71. The number of amides is 1. The van der Waals surface area contributed by atoms with Gasteiger partial charge in [0.15, 0.2) is 0 Å². The van der Waals surface area contributed by atoms with E-state index in [1.54, 1.807) is 18.2 Å². The molecule has 1 amide bonds. The number of phenols is 1. The van der Waals surface area contributed by atoms with Crippen molar-refractivity contribution in [1.29, 1.82) is 0 Å². The van der Waals surface area contributed by atoms with Crippen molar-refractivity contribution < 1.29 is 28.2 Å². The molecule has 4 nitrogen and oxygen atoms in total. The monoisotopic (exact) mass is 291 g/mol. The molecule has 0 saturated heterocycles. The van der Waals surface area contributed by atoms with E-state index >= 15 is 0 Å². The highest BCUT2D eigenvalue weighted by atomic mass is 19.4. The highest BCUT2D eigenvalue weighted by molar-refractivity contribution is 5.76. The first-order valence-electron chi connectivity index (χ1n) is 6.05. The number of benzene rings is 1. The molecule has 20 heavy (non-hydrogen) atoms. The minimum absolute atomic E-state index is 0.00447. The number of para-hydroxylation sites is 1. The van der Waals surface area contributed by atoms with Crippen LogP contribution in [0.15, 0.2) is 24.3 Å². The Balaban J connectivity index is 2.60. The second-order valence-corrected chi connectivity index (χ2v) is 4.28. The number of alkyl halides is 3. The van der Waals surface area contributed by atoms with Gasteiger partial charge in [-0.25, -0.2) is 0 Å². The first kappa shape index (κ1) is 16.3. The molecule has 0 radical (unpaired) electrons. The molecule has 1 aromatic rings. The zero-order chi connectivity index (χ0) is 15.2. The zero-order valence-electron chi connectivity index (χ0n) is 10.7. The van der Waals surface area contributed by atoms with Crippen LogP contribution in [0, 0.1) is 0 Å². The van der Waals surface area contributed by atoms with Crippen LogP contribution in [-0.4, -0.2) is 46.9 Å². The summed E-state index contributed by atoms with van der Waals surface area (Å²) >= 11 is 0. The number of rotatable bonds is 6. The Labute approximate surface area is 114 Å². The molecule has 0 atom stereocenters. The quantitative estimate of drug-likeness (QED) is 0.839. The van der Waals surface area contributed by atoms with Crippen molar-refractivity contribution in [2.45, 2.75) is 19.0 Å². The van der Waals surface area contributed by atoms with Crippen molar-refractivity contribution in [3.8, 4) is 5.75 Å². The second-order valence-electron chi connectivity index (χ2n) is 4.28. The minimum Gasteiger partial charge on any atom is -0.508 e. The third-order valence-electron chi connectivity index (χ3n) is 2.69. The third kappa shape index (κ3) is 5.48. The summed E-state index contributed by atoms with van der Waals surface area (Å²) in [6, 6.07) is 6.33. The van der Waals surface area contributed by atoms with Crippen LogP contribution in [0.1, 0.15) is 12.0 Å². The number of aliphatic hydroxyl groups is 1. The average Bonchev–Trinajstić information content (AvgIpc) is 2.35. The predicted molar refractivity (Wildman–Crippen MR) is 66.1 cm³/mol. The fourth-order valence-electron chi connectivity index (χ4n) is 1.75. The lowest BCUT2D eigenvalue weighted by atomic mass is 10.1. The van der Waals surface area contributed by atoms with Crippen LogP contribution in [-0.2, 0) is 11.2 Å². The lowest BCUT2D eigenvalue weighted by Crippen LogP contribution is -2.40. The molecule has 0 aliphatic rings. The van der Waals surface area contributed by atoms with Gasteiger partial charge in [0.1, 0.15) is 12.3 Å². The number of aliphatic hydroxyl groups excluding tert-OH is 1. The van der Waals surface area contributed by atoms with Crippen LogP contribution in [0.2, 0.25) is 0 Å². The Morgan fingerprint density at radius 2 is 1.90 bits per heavy atom. The van der Waals surface area contributed by atoms with Crippen LogP contribution in [0.4, 0.5) is 13.2 Å². The van der Waals surface area contributed by atoms with E-state index in [0.717, 1.165) is 0 Å². The minimum atomic E-state index is -4.50. The molecule has 7 heteroatoms. The van der Waals surface area contributed by atoms with Gasteiger partial charge in [0, 0.05) is 13.0 Å². The van der Waals surface area contributed by atoms with E-state index in [-0.39, 0.29) is 25.1 Å². The van der Waals surface area contributed by atoms with Crippen molar-refractivity contribution >= 4 is 5.91 Å². The lowest BCUT2D eigenvalue weighted by Gasteiger charge is -2.23. The van der Waals surface area contributed by atoms with Gasteiger partial charge in [0.05, 0.1) is 6.61 Å². The molecule has 0 heterocycles. The van der Waals surface area contributed by atoms with E-state index in [1.807, 2.05) is 0 Å². The number of aryl methyl sites for hydroxylation is 1. The zero-order valence-corrected chi connectivity index (χ0v) is 10.7. The van der Waals surface area contributed by atoms with Crippen molar-refractivity contribution in [2.24, 2.45) is 0 Å². The van der Waals surface area contributed by atoms with Crippen molar-refractivity contribution in [3.05, 3.63) is 29.8 Å². The standard InChI is InChI=1S/C13H16F3NO3/c14-13(15,16)9-17(7-8-18)12(20)6-5-10-3-1-2-4-11(10)19/h1-4,18-19H,5-9H2. The van der Waals surface area contributed by atoms with Crippen LogP contribution in [0.3, 0.4) is 0 Å². The topological polar surface area (TPSA) is 60.8 Å². The summed E-state index contributed by atoms with van der Waals surface area (Å²) in [5.41, 5.74) is 0.497. The van der Waals surface area contributed by atoms with Gasteiger partial charge in [-0.05, 0) is 18.1 Å². The molecule has 0 bridgehead atoms. The molecular weight excluding hydrogens is 275 g/mol. The lowest BCUT2D eigenvalue weighted by molar-refractivity contribution is -0.162. The van der Waals surface area contributed by atoms with Crippen molar-refractivity contribution in [1.82, 2.24) is 4.90 Å². The summed E-state index contributed by atoms with van der Waals surface area (Å²) in [6.45, 7) is -2.27. The number of nitrogens with zero attached hydrogens (tertiary/aromatic N) is 1. The number of carbonyl (C=O) groups excluding carboxylic acids is 1. The number of carbonyl (C=O) groups is 1. The van der Waals surface area contributed by atoms with Crippen LogP contribution in [0.5, 0.6) is 5.75 Å². The van der Waals surface area contributed by atoms with Crippen LogP contribution < -0.4 is 0 Å². The van der Waals surface area contributed by atoms with Gasteiger partial charge in [0.2, 0.25) is 5.91 Å². The van der Waals surface area contributed by atoms with Gasteiger partial charge in [0.25, 0.3) is 0 Å². The van der Waals surface area contributed by atoms with E-state index in [2.05, 4.69) is 0 Å². The van der Waals surface area contributed by atoms with Crippen molar-refractivity contribution in [3.63, 3.8) is 0 Å². The number of phenolic OH excluding ortho intramolecular Hbond substituents is 1. The number of hydrogen-bond donors (Lipinski definition) is 2. The SMILES string of the molecule is O=C(CCc1ccccc1O)N(CCO)CC(F)(F)F. The molecule has 1 rings (SSSR count). The van der Waals surface area contributed by atoms with Gasteiger partial charge in [-0.1, -0.05) is 18.2 Å². The highest BCUT2D eigenvalue weighted by Crippen LogP contribution is 2.19. The van der Waals surface area contributed by atoms with E-state index in [4.69, 9.17) is 5.11 Å². The third-order valence-corrected chi connectivity index (χ3v) is 2.69. The number of aromatic hydroxyl groups is 1. The van der Waals surface area contributed by atoms with Crippen molar-refractivity contribution in [2.75, 3.05) is 19.7 Å². The normalized spacial score (nSPS) is 11.4. The second kappa shape index (κ2) is 7.14. The molecule has 0 aromatic heterocycles. The Hall–Kier alpha value is -1.76. The summed E-state index contributed by atoms with van der Waals surface area (Å²) in [4.78, 5) is 12.3. The maximum atomic E-state index is 12.3. The summed E-state index contributed by atoms with van der Waals surface area (Å²) in [5, 5.41) is 18.2. The molecule has 112 valence electrons. The molecule has 0 saturated carbocycles. The molecule has 0 unspecified atom stereocenters. The average molecular weight is 291 g/mol. The van der Waals surface area contributed by atoms with Crippen LogP contribution in [0.25, 0.3) is 0 Å². The largest absolute Gasteiger partial charge is 0.508 e. The Bertz CT molecular complexity index is 449. The summed E-state index contributed by atoms with van der Waals surface area (Å²) in [7, 11) is 0. The Morgan fingerprint density at radius 3 is 2.45 bits per heavy atom. The van der Waals surface area contributed by atoms with Gasteiger partial charge >= 0.3 is 6.18 Å². The Kier molecular flexibility index (Phi) is 5.82. The number of halogens is 3. The van der Waals surface area contributed by atoms with Gasteiger partial charge in [-0.3, -0.25) is 4.79 Å². The fraction of sp³-hybridized carbons (Fsp3) is 0.462. The van der Waals surface area contributed by atoms with E-state index in [1.165, 1.54) is 6.07 Å². The fourth-order valence-corrected chi connectivity index (χ4v) is 1.75. The molecular formula is C13H16F3NO3. The smallest absolute Gasteiger partial charge is 0.406 e. The molecule has 0 fully saturated rings. The van der Waals surface area contributed by atoms with Gasteiger partial charge in [-0.15, -0.1) is 0 Å². The molecule has 1 aromatic carbocycles. The first-order valence-corrected chi connectivity index (χ1v) is 6.05. The maximum Gasteiger partial charge on any atom is 0.406 e. The maximum absolute atomic E-state index is 12.3. The molecule has 2 N–H and O–H groups in total. The summed E-state index contributed by atoms with van der Waals surface area (Å²) < 4.78 is 36.9. The molecule has 0 spiro atoms. The summed E-state index contributed by atoms with van der Waals surface area (Å²) in [6.07, 6.45) is -4.52. The van der Waals surface area contributed by atoms with E-state index < -0.39 is 25.2 Å². The molecule has 0 aliphatic heterocycles. The van der Waals surface area contributed by atoms with Crippen LogP contribution >= 0.6 is 0 Å². The van der Waals surface area contributed by atoms with Gasteiger partial charge in [-0.2, -0.15) is 13.2 Å².